The van der Waals surface area contributed by atoms with Crippen LogP contribution in [0.1, 0.15) is 52.2 Å². The van der Waals surface area contributed by atoms with Crippen molar-refractivity contribution < 1.29 is 27.5 Å². The van der Waals surface area contributed by atoms with E-state index in [2.05, 4.69) is 43.9 Å². The van der Waals surface area contributed by atoms with E-state index in [1.54, 1.807) is 18.2 Å². The van der Waals surface area contributed by atoms with Gasteiger partial charge in [0.15, 0.2) is 8.32 Å². The summed E-state index contributed by atoms with van der Waals surface area (Å²) in [4.78, 5) is 28.3. The summed E-state index contributed by atoms with van der Waals surface area (Å²) in [5.74, 6) is -1.10. The maximum Gasteiger partial charge on any atom is 0.247 e. The second kappa shape index (κ2) is 14.5. The highest BCUT2D eigenvalue weighted by Gasteiger charge is 2.37. The number of carbonyl (C=O) groups is 2. The first-order valence-electron chi connectivity index (χ1n) is 14.0. The first kappa shape index (κ1) is 34.6. The number of amides is 2. The zero-order valence-corrected chi connectivity index (χ0v) is 27.5. The van der Waals surface area contributed by atoms with Gasteiger partial charge in [0.1, 0.15) is 6.04 Å². The quantitative estimate of drug-likeness (QED) is 0.269. The number of nitrogens with zero attached hydrogens (tertiary/aromatic N) is 1. The Morgan fingerprint density at radius 3 is 2.22 bits per heavy atom. The van der Waals surface area contributed by atoms with Crippen LogP contribution in [0.3, 0.4) is 0 Å². The van der Waals surface area contributed by atoms with Crippen molar-refractivity contribution >= 4 is 35.8 Å². The van der Waals surface area contributed by atoms with E-state index in [-0.39, 0.29) is 47.9 Å². The number of carbonyl (C=O) groups excluding carboxylic acids is 2. The van der Waals surface area contributed by atoms with Gasteiger partial charge in [-0.3, -0.25) is 9.59 Å². The normalized spacial score (nSPS) is 13.2. The van der Waals surface area contributed by atoms with E-state index in [9.17, 15) is 23.1 Å². The van der Waals surface area contributed by atoms with Gasteiger partial charge >= 0.3 is 0 Å². The van der Waals surface area contributed by atoms with Crippen molar-refractivity contribution in [2.75, 3.05) is 25.0 Å². The van der Waals surface area contributed by atoms with Gasteiger partial charge in [-0.2, -0.15) is 0 Å². The predicted molar refractivity (Wildman–Crippen MR) is 165 cm³/mol. The number of aliphatic hydroxyl groups is 1. The Kier molecular flexibility index (Phi) is 12.3. The van der Waals surface area contributed by atoms with Crippen molar-refractivity contribution in [3.8, 4) is 0 Å². The molecule has 0 aliphatic rings. The van der Waals surface area contributed by atoms with Gasteiger partial charge in [-0.05, 0) is 54.7 Å². The summed E-state index contributed by atoms with van der Waals surface area (Å²) < 4.78 is 34.1. The number of para-hydroxylation sites is 1. The number of hydrogen-bond acceptors (Lipinski definition) is 6. The molecule has 0 bridgehead atoms. The fraction of sp³-hybridized carbons (Fsp3) is 0.533. The SMILES string of the molecule is Cc1ccc(S(=O)(=O)NCCC(=O)N(CCO)C(C(=O)Nc2ccccc2CO[Si](C)(C)C(C)(C)C)C(C)C)cc1. The fourth-order valence-corrected chi connectivity index (χ4v) is 6.00. The molecule has 2 amide bonds. The molecule has 9 nitrogen and oxygen atoms in total. The van der Waals surface area contributed by atoms with Crippen LogP contribution >= 0.6 is 0 Å². The van der Waals surface area contributed by atoms with Crippen LogP contribution in [0, 0.1) is 12.8 Å². The van der Waals surface area contributed by atoms with E-state index in [0.29, 0.717) is 12.3 Å². The minimum atomic E-state index is -3.79. The molecule has 11 heteroatoms. The lowest BCUT2D eigenvalue weighted by molar-refractivity contribution is -0.140. The van der Waals surface area contributed by atoms with Crippen LogP contribution in [-0.4, -0.2) is 64.3 Å². The van der Waals surface area contributed by atoms with Gasteiger partial charge in [-0.25, -0.2) is 13.1 Å². The Balaban J connectivity index is 2.16. The van der Waals surface area contributed by atoms with Crippen molar-refractivity contribution in [3.05, 3.63) is 59.7 Å². The smallest absolute Gasteiger partial charge is 0.247 e. The predicted octanol–water partition coefficient (Wildman–Crippen LogP) is 4.67. The van der Waals surface area contributed by atoms with E-state index in [0.717, 1.165) is 11.1 Å². The Hall–Kier alpha value is -2.57. The number of nitrogens with one attached hydrogen (secondary N) is 2. The van der Waals surface area contributed by atoms with Gasteiger partial charge in [0.05, 0.1) is 18.1 Å². The molecule has 0 radical (unpaired) electrons. The number of rotatable bonds is 14. The number of hydrogen-bond donors (Lipinski definition) is 3. The van der Waals surface area contributed by atoms with Gasteiger partial charge < -0.3 is 19.7 Å². The molecule has 0 aliphatic carbocycles. The van der Waals surface area contributed by atoms with E-state index < -0.39 is 30.3 Å². The van der Waals surface area contributed by atoms with Crippen molar-refractivity contribution in [2.24, 2.45) is 5.92 Å². The van der Waals surface area contributed by atoms with Gasteiger partial charge in [-0.15, -0.1) is 0 Å². The molecule has 2 aromatic carbocycles. The number of benzene rings is 2. The van der Waals surface area contributed by atoms with Gasteiger partial charge in [0.25, 0.3) is 0 Å². The number of sulfonamides is 1. The molecule has 0 saturated heterocycles. The molecule has 1 atom stereocenters. The summed E-state index contributed by atoms with van der Waals surface area (Å²) in [6, 6.07) is 13.0. The lowest BCUT2D eigenvalue weighted by Gasteiger charge is -2.36. The first-order chi connectivity index (χ1) is 19.0. The van der Waals surface area contributed by atoms with E-state index in [1.807, 2.05) is 39.0 Å². The van der Waals surface area contributed by atoms with Crippen molar-refractivity contribution in [1.82, 2.24) is 9.62 Å². The molecule has 0 saturated carbocycles. The summed E-state index contributed by atoms with van der Waals surface area (Å²) in [6.07, 6.45) is -0.168. The van der Waals surface area contributed by atoms with Crippen LogP contribution in [0.2, 0.25) is 18.1 Å². The average Bonchev–Trinajstić information content (AvgIpc) is 2.87. The largest absolute Gasteiger partial charge is 0.412 e. The molecule has 3 N–H and O–H groups in total. The van der Waals surface area contributed by atoms with Crippen LogP contribution in [0.25, 0.3) is 0 Å². The minimum Gasteiger partial charge on any atom is -0.412 e. The standard InChI is InChI=1S/C30H47N3O6SSi/c1-22(2)28(29(36)32-26-12-10-9-11-24(26)21-39-41(7,8)30(4,5)6)33(19-20-34)27(35)17-18-31-40(37,38)25-15-13-23(3)14-16-25/h9-16,22,28,31,34H,17-21H2,1-8H3,(H,32,36). The van der Waals surface area contributed by atoms with Gasteiger partial charge in [0, 0.05) is 25.2 Å². The van der Waals surface area contributed by atoms with E-state index >= 15 is 0 Å². The molecule has 2 rings (SSSR count). The van der Waals surface area contributed by atoms with Crippen molar-refractivity contribution in [1.29, 1.82) is 0 Å². The second-order valence-corrected chi connectivity index (χ2v) is 18.7. The minimum absolute atomic E-state index is 0.0351. The Labute approximate surface area is 246 Å². The molecule has 1 unspecified atom stereocenters. The summed E-state index contributed by atoms with van der Waals surface area (Å²) >= 11 is 0. The molecule has 0 fully saturated rings. The third-order valence-corrected chi connectivity index (χ3v) is 13.5. The molecular weight excluding hydrogens is 558 g/mol. The Morgan fingerprint density at radius 1 is 1.05 bits per heavy atom. The number of anilines is 1. The summed E-state index contributed by atoms with van der Waals surface area (Å²) in [5.41, 5.74) is 2.37. The molecule has 2 aromatic rings. The van der Waals surface area contributed by atoms with Crippen molar-refractivity contribution in [2.45, 2.75) is 83.6 Å². The van der Waals surface area contributed by atoms with Crippen LogP contribution in [-0.2, 0) is 30.6 Å². The fourth-order valence-electron chi connectivity index (χ4n) is 4.02. The molecule has 41 heavy (non-hydrogen) atoms. The summed E-state index contributed by atoms with van der Waals surface area (Å²) in [7, 11) is -5.82. The highest BCUT2D eigenvalue weighted by molar-refractivity contribution is 7.89. The molecule has 0 aliphatic heterocycles. The highest BCUT2D eigenvalue weighted by Crippen LogP contribution is 2.37. The number of aliphatic hydroxyl groups excluding tert-OH is 1. The zero-order valence-electron chi connectivity index (χ0n) is 25.7. The lowest BCUT2D eigenvalue weighted by atomic mass is 10.0. The molecule has 228 valence electrons. The topological polar surface area (TPSA) is 125 Å². The Morgan fingerprint density at radius 2 is 1.66 bits per heavy atom. The summed E-state index contributed by atoms with van der Waals surface area (Å²) in [5, 5.41) is 12.7. The molecule has 0 heterocycles. The Bertz CT molecular complexity index is 1270. The monoisotopic (exact) mass is 605 g/mol. The van der Waals surface area contributed by atoms with Crippen LogP contribution in [0.15, 0.2) is 53.4 Å². The van der Waals surface area contributed by atoms with Gasteiger partial charge in [-0.1, -0.05) is 70.5 Å². The zero-order chi connectivity index (χ0) is 31.0. The third-order valence-electron chi connectivity index (χ3n) is 7.53. The third kappa shape index (κ3) is 9.75. The maximum absolute atomic E-state index is 13.6. The summed E-state index contributed by atoms with van der Waals surface area (Å²) in [6.45, 7) is 16.2. The molecule has 0 spiro atoms. The van der Waals surface area contributed by atoms with E-state index in [1.165, 1.54) is 17.0 Å². The van der Waals surface area contributed by atoms with Crippen LogP contribution < -0.4 is 10.0 Å². The van der Waals surface area contributed by atoms with Crippen LogP contribution in [0.5, 0.6) is 0 Å². The second-order valence-electron chi connectivity index (χ2n) is 12.2. The average molecular weight is 606 g/mol. The van der Waals surface area contributed by atoms with Crippen molar-refractivity contribution in [3.63, 3.8) is 0 Å². The molecule has 0 aromatic heterocycles. The lowest BCUT2D eigenvalue weighted by Crippen LogP contribution is -2.51. The highest BCUT2D eigenvalue weighted by atomic mass is 32.2. The van der Waals surface area contributed by atoms with Crippen LogP contribution in [0.4, 0.5) is 5.69 Å². The maximum atomic E-state index is 13.6. The molecular formula is C30H47N3O6SSi. The van der Waals surface area contributed by atoms with Gasteiger partial charge in [0.2, 0.25) is 21.8 Å². The van der Waals surface area contributed by atoms with E-state index in [4.69, 9.17) is 4.43 Å². The first-order valence-corrected chi connectivity index (χ1v) is 18.4. The number of aryl methyl sites for hydroxylation is 1.